The summed E-state index contributed by atoms with van der Waals surface area (Å²) in [6.07, 6.45) is 3.59. The first-order valence-electron chi connectivity index (χ1n) is 11.7. The molecule has 0 radical (unpaired) electrons. The van der Waals surface area contributed by atoms with E-state index in [1.807, 2.05) is 42.5 Å². The van der Waals surface area contributed by atoms with Gasteiger partial charge in [0.05, 0.1) is 6.54 Å². The normalized spacial score (nSPS) is 14.9. The summed E-state index contributed by atoms with van der Waals surface area (Å²) in [4.78, 5) is 7.04. The van der Waals surface area contributed by atoms with Crippen molar-refractivity contribution >= 4 is 0 Å². The fourth-order valence-electron chi connectivity index (χ4n) is 4.36. The van der Waals surface area contributed by atoms with Crippen molar-refractivity contribution < 1.29 is 9.26 Å². The Morgan fingerprint density at radius 1 is 0.818 bits per heavy atom. The fraction of sp³-hybridized carbons (Fsp3) is 0.286. The summed E-state index contributed by atoms with van der Waals surface area (Å²) >= 11 is 0. The lowest BCUT2D eigenvalue weighted by molar-refractivity contribution is 0.159. The van der Waals surface area contributed by atoms with Crippen LogP contribution in [0.1, 0.15) is 29.9 Å². The zero-order valence-electron chi connectivity index (χ0n) is 18.8. The molecule has 2 heterocycles. The minimum absolute atomic E-state index is 0.550. The molecule has 1 fully saturated rings. The number of ether oxygens (including phenoxy) is 1. The average Bonchev–Trinajstić information content (AvgIpc) is 3.34. The Morgan fingerprint density at radius 3 is 2.18 bits per heavy atom. The molecule has 3 aromatic carbocycles. The summed E-state index contributed by atoms with van der Waals surface area (Å²) in [6.45, 7) is 3.41. The van der Waals surface area contributed by atoms with E-state index in [0.29, 0.717) is 24.9 Å². The van der Waals surface area contributed by atoms with E-state index in [4.69, 9.17) is 9.26 Å². The quantitative estimate of drug-likeness (QED) is 0.349. The van der Waals surface area contributed by atoms with E-state index in [0.717, 1.165) is 35.9 Å². The van der Waals surface area contributed by atoms with Gasteiger partial charge in [0, 0.05) is 5.56 Å². The predicted molar refractivity (Wildman–Crippen MR) is 129 cm³/mol. The largest absolute Gasteiger partial charge is 0.489 e. The molecule has 1 aliphatic rings. The van der Waals surface area contributed by atoms with Gasteiger partial charge in [-0.25, -0.2) is 0 Å². The lowest BCUT2D eigenvalue weighted by Gasteiger charge is -2.31. The number of benzene rings is 3. The van der Waals surface area contributed by atoms with Crippen molar-refractivity contribution in [3.05, 3.63) is 102 Å². The van der Waals surface area contributed by atoms with E-state index < -0.39 is 0 Å². The Labute approximate surface area is 195 Å². The zero-order chi connectivity index (χ0) is 22.3. The predicted octanol–water partition coefficient (Wildman–Crippen LogP) is 5.77. The molecule has 168 valence electrons. The third-order valence-electron chi connectivity index (χ3n) is 6.26. The highest BCUT2D eigenvalue weighted by atomic mass is 16.5. The molecular formula is C28H29N3O2. The molecule has 4 aromatic rings. The van der Waals surface area contributed by atoms with Gasteiger partial charge >= 0.3 is 0 Å². The lowest BCUT2D eigenvalue weighted by atomic mass is 9.90. The molecular weight excluding hydrogens is 410 g/mol. The van der Waals surface area contributed by atoms with E-state index in [1.165, 1.54) is 24.8 Å². The Morgan fingerprint density at radius 2 is 1.48 bits per heavy atom. The van der Waals surface area contributed by atoms with Gasteiger partial charge in [-0.05, 0) is 73.7 Å². The van der Waals surface area contributed by atoms with Crippen molar-refractivity contribution in [3.63, 3.8) is 0 Å². The molecule has 0 N–H and O–H groups in total. The SMILES string of the molecule is c1ccc(COc2ccc(-c3noc(CN4CCC(Cc5ccccc5)CC4)n3)cc2)cc1. The van der Waals surface area contributed by atoms with Crippen molar-refractivity contribution in [3.8, 4) is 17.1 Å². The number of hydrogen-bond acceptors (Lipinski definition) is 5. The van der Waals surface area contributed by atoms with Gasteiger partial charge in [-0.1, -0.05) is 65.8 Å². The summed E-state index contributed by atoms with van der Waals surface area (Å²) in [7, 11) is 0. The molecule has 0 atom stereocenters. The first-order valence-corrected chi connectivity index (χ1v) is 11.7. The monoisotopic (exact) mass is 439 g/mol. The second-order valence-corrected chi connectivity index (χ2v) is 8.72. The van der Waals surface area contributed by atoms with E-state index in [1.54, 1.807) is 0 Å². The van der Waals surface area contributed by atoms with Crippen LogP contribution in [0, 0.1) is 5.92 Å². The molecule has 5 nitrogen and oxygen atoms in total. The summed E-state index contributed by atoms with van der Waals surface area (Å²) in [5, 5.41) is 4.19. The Hall–Kier alpha value is -3.44. The van der Waals surface area contributed by atoms with Gasteiger partial charge in [0.25, 0.3) is 0 Å². The van der Waals surface area contributed by atoms with Crippen molar-refractivity contribution in [2.24, 2.45) is 5.92 Å². The number of rotatable bonds is 8. The lowest BCUT2D eigenvalue weighted by Crippen LogP contribution is -2.33. The molecule has 0 bridgehead atoms. The van der Waals surface area contributed by atoms with Crippen molar-refractivity contribution in [2.75, 3.05) is 13.1 Å². The van der Waals surface area contributed by atoms with Gasteiger partial charge in [0.15, 0.2) is 0 Å². The fourth-order valence-corrected chi connectivity index (χ4v) is 4.36. The van der Waals surface area contributed by atoms with E-state index in [9.17, 15) is 0 Å². The number of piperidine rings is 1. The van der Waals surface area contributed by atoms with E-state index >= 15 is 0 Å². The van der Waals surface area contributed by atoms with Gasteiger partial charge in [0.2, 0.25) is 11.7 Å². The Bertz CT molecular complexity index is 1120. The first-order chi connectivity index (χ1) is 16.3. The van der Waals surface area contributed by atoms with Crippen molar-refractivity contribution in [1.82, 2.24) is 15.0 Å². The van der Waals surface area contributed by atoms with Gasteiger partial charge < -0.3 is 9.26 Å². The number of likely N-dealkylation sites (tertiary alicyclic amines) is 1. The van der Waals surface area contributed by atoms with Crippen LogP contribution in [0.2, 0.25) is 0 Å². The standard InChI is InChI=1S/C28H29N3O2/c1-3-7-22(8-4-1)19-23-15-17-31(18-16-23)20-27-29-28(30-33-27)25-11-13-26(14-12-25)32-21-24-9-5-2-6-10-24/h1-14,23H,15-21H2. The summed E-state index contributed by atoms with van der Waals surface area (Å²) in [6, 6.07) is 28.8. The minimum Gasteiger partial charge on any atom is -0.489 e. The van der Waals surface area contributed by atoms with Crippen LogP contribution < -0.4 is 4.74 Å². The minimum atomic E-state index is 0.550. The summed E-state index contributed by atoms with van der Waals surface area (Å²) in [5.74, 6) is 2.88. The number of nitrogens with zero attached hydrogens (tertiary/aromatic N) is 3. The van der Waals surface area contributed by atoms with Crippen molar-refractivity contribution in [1.29, 1.82) is 0 Å². The average molecular weight is 440 g/mol. The van der Waals surface area contributed by atoms with Crippen molar-refractivity contribution in [2.45, 2.75) is 32.4 Å². The third-order valence-corrected chi connectivity index (χ3v) is 6.26. The molecule has 0 aliphatic carbocycles. The van der Waals surface area contributed by atoms with E-state index in [-0.39, 0.29) is 0 Å². The van der Waals surface area contributed by atoms with Crippen LogP contribution in [-0.4, -0.2) is 28.1 Å². The van der Waals surface area contributed by atoms with Gasteiger partial charge in [-0.15, -0.1) is 0 Å². The highest BCUT2D eigenvalue weighted by molar-refractivity contribution is 5.55. The second kappa shape index (κ2) is 10.5. The van der Waals surface area contributed by atoms with Crippen LogP contribution >= 0.6 is 0 Å². The van der Waals surface area contributed by atoms with Crippen LogP contribution in [0.3, 0.4) is 0 Å². The van der Waals surface area contributed by atoms with Gasteiger partial charge in [-0.2, -0.15) is 4.98 Å². The number of aromatic nitrogens is 2. The van der Waals surface area contributed by atoms with Crippen LogP contribution in [-0.2, 0) is 19.6 Å². The molecule has 0 unspecified atom stereocenters. The molecule has 5 heteroatoms. The molecule has 1 aliphatic heterocycles. The molecule has 0 saturated carbocycles. The Balaban J connectivity index is 1.11. The van der Waals surface area contributed by atoms with Gasteiger partial charge in [0.1, 0.15) is 12.4 Å². The molecule has 1 aromatic heterocycles. The topological polar surface area (TPSA) is 51.4 Å². The molecule has 1 saturated heterocycles. The smallest absolute Gasteiger partial charge is 0.241 e. The maximum atomic E-state index is 5.86. The molecule has 5 rings (SSSR count). The van der Waals surface area contributed by atoms with Crippen LogP contribution in [0.5, 0.6) is 5.75 Å². The van der Waals surface area contributed by atoms with E-state index in [2.05, 4.69) is 57.5 Å². The van der Waals surface area contributed by atoms with Crippen LogP contribution in [0.25, 0.3) is 11.4 Å². The second-order valence-electron chi connectivity index (χ2n) is 8.72. The van der Waals surface area contributed by atoms with Gasteiger partial charge in [-0.3, -0.25) is 4.90 Å². The Kier molecular flexibility index (Phi) is 6.78. The highest BCUT2D eigenvalue weighted by Gasteiger charge is 2.21. The summed E-state index contributed by atoms with van der Waals surface area (Å²) in [5.41, 5.74) is 3.51. The number of hydrogen-bond donors (Lipinski definition) is 0. The first kappa shape index (κ1) is 21.4. The summed E-state index contributed by atoms with van der Waals surface area (Å²) < 4.78 is 11.4. The third kappa shape index (κ3) is 5.88. The molecule has 33 heavy (non-hydrogen) atoms. The van der Waals surface area contributed by atoms with Crippen LogP contribution in [0.4, 0.5) is 0 Å². The molecule has 0 amide bonds. The maximum Gasteiger partial charge on any atom is 0.241 e. The zero-order valence-corrected chi connectivity index (χ0v) is 18.8. The highest BCUT2D eigenvalue weighted by Crippen LogP contribution is 2.24. The van der Waals surface area contributed by atoms with Crippen LogP contribution in [0.15, 0.2) is 89.5 Å². The molecule has 0 spiro atoms. The maximum absolute atomic E-state index is 5.86.